The lowest BCUT2D eigenvalue weighted by Gasteiger charge is -2.06. The predicted octanol–water partition coefficient (Wildman–Crippen LogP) is 1.34. The first-order valence-corrected chi connectivity index (χ1v) is 9.04. The van der Waals surface area contributed by atoms with E-state index < -0.39 is 10.0 Å². The van der Waals surface area contributed by atoms with Crippen molar-refractivity contribution in [2.24, 2.45) is 0 Å². The van der Waals surface area contributed by atoms with Gasteiger partial charge in [0, 0.05) is 41.8 Å². The number of sulfonamides is 1. The summed E-state index contributed by atoms with van der Waals surface area (Å²) in [5, 5.41) is 7.11. The first-order valence-electron chi connectivity index (χ1n) is 6.74. The molecule has 0 saturated carbocycles. The number of hydrogen-bond acceptors (Lipinski definition) is 5. The van der Waals surface area contributed by atoms with Gasteiger partial charge in [-0.05, 0) is 32.5 Å². The van der Waals surface area contributed by atoms with E-state index in [1.165, 1.54) is 11.3 Å². The lowest BCUT2D eigenvalue weighted by Crippen LogP contribution is -2.25. The average Bonchev–Trinajstić information content (AvgIpc) is 3.05. The average molecular weight is 328 g/mol. The molecule has 0 saturated heterocycles. The third kappa shape index (κ3) is 4.37. The summed E-state index contributed by atoms with van der Waals surface area (Å²) in [6, 6.07) is 3.59. The molecule has 0 spiro atoms. The number of thiophene rings is 1. The fraction of sp³-hybridized carbons (Fsp3) is 0.462. The first-order chi connectivity index (χ1) is 10.0. The van der Waals surface area contributed by atoms with Crippen molar-refractivity contribution >= 4 is 21.4 Å². The number of hydrogen-bond donors (Lipinski definition) is 2. The minimum atomic E-state index is -3.43. The molecule has 0 bridgehead atoms. The second-order valence-corrected chi connectivity index (χ2v) is 7.76. The van der Waals surface area contributed by atoms with Crippen LogP contribution >= 0.6 is 11.3 Å². The topological polar surface area (TPSA) is 76.0 Å². The van der Waals surface area contributed by atoms with Gasteiger partial charge in [0.2, 0.25) is 10.0 Å². The van der Waals surface area contributed by atoms with E-state index in [4.69, 9.17) is 0 Å². The Balaban J connectivity index is 1.91. The van der Waals surface area contributed by atoms with Gasteiger partial charge >= 0.3 is 0 Å². The Labute approximate surface area is 129 Å². The molecule has 2 aromatic rings. The van der Waals surface area contributed by atoms with Gasteiger partial charge in [-0.15, -0.1) is 11.3 Å². The maximum Gasteiger partial charge on any atom is 0.241 e. The van der Waals surface area contributed by atoms with Crippen LogP contribution in [0.2, 0.25) is 0 Å². The van der Waals surface area contributed by atoms with E-state index in [2.05, 4.69) is 15.1 Å². The summed E-state index contributed by atoms with van der Waals surface area (Å²) in [7, 11) is -1.58. The van der Waals surface area contributed by atoms with Gasteiger partial charge in [-0.25, -0.2) is 13.1 Å². The molecule has 0 aliphatic carbocycles. The van der Waals surface area contributed by atoms with Crippen LogP contribution in [0.5, 0.6) is 0 Å². The fourth-order valence-corrected chi connectivity index (χ4v) is 4.73. The number of nitrogens with one attached hydrogen (secondary N) is 2. The summed E-state index contributed by atoms with van der Waals surface area (Å²) in [6.07, 6.45) is 4.28. The van der Waals surface area contributed by atoms with Crippen LogP contribution in [0.15, 0.2) is 29.4 Å². The monoisotopic (exact) mass is 328 g/mol. The van der Waals surface area contributed by atoms with Gasteiger partial charge in [-0.2, -0.15) is 5.10 Å². The molecule has 2 rings (SSSR count). The molecule has 6 nitrogen and oxygen atoms in total. The van der Waals surface area contributed by atoms with E-state index in [0.29, 0.717) is 31.0 Å². The Morgan fingerprint density at radius 1 is 1.43 bits per heavy atom. The Kier molecular flexibility index (Phi) is 5.51. The van der Waals surface area contributed by atoms with Crippen LogP contribution in [-0.4, -0.2) is 31.8 Å². The van der Waals surface area contributed by atoms with E-state index in [1.807, 2.05) is 26.2 Å². The zero-order valence-corrected chi connectivity index (χ0v) is 13.8. The Morgan fingerprint density at radius 3 is 2.90 bits per heavy atom. The SMILES string of the molecule is CNCc1cc(S(=O)(=O)NCCCn2cccn2)c(C)s1. The molecule has 0 fully saturated rings. The standard InChI is InChI=1S/C13H20N4O2S2/c1-11-13(9-12(20-11)10-14-2)21(18,19)16-6-4-8-17-7-3-5-15-17/h3,5,7,9,14,16H,4,6,8,10H2,1-2H3. The first kappa shape index (κ1) is 16.2. The molecular formula is C13H20N4O2S2. The number of aromatic nitrogens is 2. The van der Waals surface area contributed by atoms with Gasteiger partial charge in [0.15, 0.2) is 0 Å². The maximum absolute atomic E-state index is 12.3. The fourth-order valence-electron chi connectivity index (χ4n) is 2.01. The number of aryl methyl sites for hydroxylation is 2. The zero-order chi connectivity index (χ0) is 15.3. The normalized spacial score (nSPS) is 11.9. The third-order valence-electron chi connectivity index (χ3n) is 2.98. The van der Waals surface area contributed by atoms with Gasteiger partial charge in [0.25, 0.3) is 0 Å². The van der Waals surface area contributed by atoms with Crippen molar-refractivity contribution < 1.29 is 8.42 Å². The lowest BCUT2D eigenvalue weighted by molar-refractivity contribution is 0.553. The van der Waals surface area contributed by atoms with E-state index in [-0.39, 0.29) is 0 Å². The molecule has 116 valence electrons. The minimum absolute atomic E-state index is 0.386. The second kappa shape index (κ2) is 7.17. The number of rotatable bonds is 8. The highest BCUT2D eigenvalue weighted by Gasteiger charge is 2.19. The van der Waals surface area contributed by atoms with Gasteiger partial charge < -0.3 is 5.32 Å². The van der Waals surface area contributed by atoms with Crippen LogP contribution in [0.25, 0.3) is 0 Å². The summed E-state index contributed by atoms with van der Waals surface area (Å²) in [6.45, 7) is 3.62. The minimum Gasteiger partial charge on any atom is -0.315 e. The van der Waals surface area contributed by atoms with Crippen LogP contribution in [0, 0.1) is 6.92 Å². The molecule has 0 amide bonds. The summed E-state index contributed by atoms with van der Waals surface area (Å²) in [4.78, 5) is 2.23. The molecule has 0 aromatic carbocycles. The van der Waals surface area contributed by atoms with Crippen molar-refractivity contribution in [2.45, 2.75) is 31.3 Å². The van der Waals surface area contributed by atoms with Gasteiger partial charge in [0.1, 0.15) is 0 Å². The summed E-state index contributed by atoms with van der Waals surface area (Å²) in [5.74, 6) is 0. The van der Waals surface area contributed by atoms with Crippen LogP contribution < -0.4 is 10.0 Å². The summed E-state index contributed by atoms with van der Waals surface area (Å²) in [5.41, 5.74) is 0. The van der Waals surface area contributed by atoms with Crippen LogP contribution in [-0.2, 0) is 23.1 Å². The Hall–Kier alpha value is -1.22. The van der Waals surface area contributed by atoms with E-state index >= 15 is 0 Å². The molecule has 0 aliphatic rings. The highest BCUT2D eigenvalue weighted by Crippen LogP contribution is 2.25. The highest BCUT2D eigenvalue weighted by atomic mass is 32.2. The van der Waals surface area contributed by atoms with Crippen molar-refractivity contribution in [2.75, 3.05) is 13.6 Å². The van der Waals surface area contributed by atoms with Gasteiger partial charge in [-0.3, -0.25) is 4.68 Å². The van der Waals surface area contributed by atoms with Crippen molar-refractivity contribution in [3.05, 3.63) is 34.3 Å². The van der Waals surface area contributed by atoms with Crippen molar-refractivity contribution in [3.63, 3.8) is 0 Å². The van der Waals surface area contributed by atoms with Gasteiger partial charge in [-0.1, -0.05) is 0 Å². The second-order valence-electron chi connectivity index (χ2n) is 4.68. The van der Waals surface area contributed by atoms with Crippen molar-refractivity contribution in [1.82, 2.24) is 19.8 Å². The van der Waals surface area contributed by atoms with E-state index in [0.717, 1.165) is 9.75 Å². The molecule has 21 heavy (non-hydrogen) atoms. The molecule has 0 unspecified atom stereocenters. The lowest BCUT2D eigenvalue weighted by atomic mass is 10.4. The smallest absolute Gasteiger partial charge is 0.241 e. The van der Waals surface area contributed by atoms with E-state index in [1.54, 1.807) is 16.9 Å². The van der Waals surface area contributed by atoms with Crippen molar-refractivity contribution in [3.8, 4) is 0 Å². The molecule has 0 atom stereocenters. The third-order valence-corrected chi connectivity index (χ3v) is 5.75. The molecule has 2 N–H and O–H groups in total. The van der Waals surface area contributed by atoms with Crippen LogP contribution in [0.3, 0.4) is 0 Å². The van der Waals surface area contributed by atoms with E-state index in [9.17, 15) is 8.42 Å². The van der Waals surface area contributed by atoms with Gasteiger partial charge in [0.05, 0.1) is 4.90 Å². The molecular weight excluding hydrogens is 308 g/mol. The number of nitrogens with zero attached hydrogens (tertiary/aromatic N) is 2. The largest absolute Gasteiger partial charge is 0.315 e. The summed E-state index contributed by atoms with van der Waals surface area (Å²) >= 11 is 1.51. The molecule has 8 heteroatoms. The van der Waals surface area contributed by atoms with Crippen LogP contribution in [0.4, 0.5) is 0 Å². The molecule has 2 aromatic heterocycles. The van der Waals surface area contributed by atoms with Crippen molar-refractivity contribution in [1.29, 1.82) is 0 Å². The highest BCUT2D eigenvalue weighted by molar-refractivity contribution is 7.89. The molecule has 2 heterocycles. The zero-order valence-electron chi connectivity index (χ0n) is 12.2. The maximum atomic E-state index is 12.3. The quantitative estimate of drug-likeness (QED) is 0.717. The Bertz CT molecular complexity index is 662. The predicted molar refractivity (Wildman–Crippen MR) is 83.9 cm³/mol. The molecule has 0 radical (unpaired) electrons. The Morgan fingerprint density at radius 2 is 2.24 bits per heavy atom. The molecule has 0 aliphatic heterocycles. The van der Waals surface area contributed by atoms with Crippen LogP contribution in [0.1, 0.15) is 16.2 Å². The summed E-state index contributed by atoms with van der Waals surface area (Å²) < 4.78 is 29.0.